The molecule has 23 heavy (non-hydrogen) atoms. The van der Waals surface area contributed by atoms with Gasteiger partial charge < -0.3 is 9.59 Å². The Morgan fingerprint density at radius 1 is 1.00 bits per heavy atom. The van der Waals surface area contributed by atoms with Crippen molar-refractivity contribution in [3.8, 4) is 0 Å². The van der Waals surface area contributed by atoms with Gasteiger partial charge in [-0.25, -0.2) is 0 Å². The molecule has 1 aromatic carbocycles. The average Bonchev–Trinajstić information content (AvgIpc) is 3.11. The summed E-state index contributed by atoms with van der Waals surface area (Å²) in [6.45, 7) is 7.31. The average molecular weight is 317 g/mol. The molecule has 1 atom stereocenters. The number of likely N-dealkylation sites (tertiary alicyclic amines) is 1. The van der Waals surface area contributed by atoms with Crippen LogP contribution in [0.2, 0.25) is 0 Å². The van der Waals surface area contributed by atoms with Gasteiger partial charge in [-0.15, -0.1) is 0 Å². The maximum absolute atomic E-state index is 11.8. The fourth-order valence-electron chi connectivity index (χ4n) is 5.00. The van der Waals surface area contributed by atoms with Crippen LogP contribution in [-0.2, 0) is 5.60 Å². The van der Waals surface area contributed by atoms with Crippen molar-refractivity contribution >= 4 is 0 Å². The molecule has 1 N–H and O–H groups in total. The Morgan fingerprint density at radius 2 is 1.65 bits per heavy atom. The minimum Gasteiger partial charge on any atom is -0.385 e. The molecule has 0 bridgehead atoms. The van der Waals surface area contributed by atoms with Gasteiger partial charge in [-0.1, -0.05) is 49.6 Å². The maximum atomic E-state index is 11.8. The number of benzene rings is 1. The van der Waals surface area contributed by atoms with E-state index >= 15 is 0 Å². The van der Waals surface area contributed by atoms with Gasteiger partial charge in [0, 0.05) is 19.3 Å². The van der Waals surface area contributed by atoms with E-state index in [1.807, 2.05) is 0 Å². The molecule has 2 nitrogen and oxygen atoms in total. The summed E-state index contributed by atoms with van der Waals surface area (Å²) in [6.07, 6.45) is 9.95. The van der Waals surface area contributed by atoms with Crippen LogP contribution in [0, 0.1) is 5.92 Å². The Kier molecular flexibility index (Phi) is 5.43. The minimum absolute atomic E-state index is 0.443. The quantitative estimate of drug-likeness (QED) is 0.767. The molecular weight excluding hydrogens is 282 g/mol. The largest absolute Gasteiger partial charge is 0.385 e. The van der Waals surface area contributed by atoms with E-state index in [1.165, 1.54) is 69.1 Å². The van der Waals surface area contributed by atoms with Crippen molar-refractivity contribution < 1.29 is 9.59 Å². The highest BCUT2D eigenvalue weighted by molar-refractivity contribution is 5.23. The van der Waals surface area contributed by atoms with Crippen LogP contribution in [0.3, 0.4) is 0 Å². The van der Waals surface area contributed by atoms with Crippen molar-refractivity contribution in [2.24, 2.45) is 5.92 Å². The first kappa shape index (κ1) is 17.0. The molecule has 2 aliphatic rings. The van der Waals surface area contributed by atoms with Crippen molar-refractivity contribution in [3.63, 3.8) is 0 Å². The zero-order chi connectivity index (χ0) is 16.2. The van der Waals surface area contributed by atoms with Crippen LogP contribution in [0.1, 0.15) is 63.9 Å². The molecule has 1 aromatic rings. The van der Waals surface area contributed by atoms with E-state index in [-0.39, 0.29) is 0 Å². The smallest absolute Gasteiger partial charge is 0.0978 e. The Morgan fingerprint density at radius 3 is 2.26 bits per heavy atom. The molecule has 2 fully saturated rings. The number of quaternary nitrogens is 1. The lowest BCUT2D eigenvalue weighted by atomic mass is 9.71. The van der Waals surface area contributed by atoms with Gasteiger partial charge in [0.2, 0.25) is 0 Å². The summed E-state index contributed by atoms with van der Waals surface area (Å²) in [5.74, 6) is 0.443. The molecule has 0 aromatic heterocycles. The third-order valence-electron chi connectivity index (χ3n) is 6.71. The van der Waals surface area contributed by atoms with Crippen LogP contribution < -0.4 is 0 Å². The lowest BCUT2D eigenvalue weighted by Crippen LogP contribution is -2.49. The van der Waals surface area contributed by atoms with Crippen molar-refractivity contribution in [1.29, 1.82) is 0 Å². The summed E-state index contributed by atoms with van der Waals surface area (Å²) in [5.41, 5.74) is 0.533. The molecule has 1 aliphatic heterocycles. The second-order valence-electron chi connectivity index (χ2n) is 7.91. The van der Waals surface area contributed by atoms with Crippen molar-refractivity contribution in [2.45, 2.75) is 63.9 Å². The predicted octanol–water partition coefficient (Wildman–Crippen LogP) is 4.48. The van der Waals surface area contributed by atoms with E-state index in [4.69, 9.17) is 0 Å². The summed E-state index contributed by atoms with van der Waals surface area (Å²) < 4.78 is 1.22. The fourth-order valence-corrected chi connectivity index (χ4v) is 5.00. The van der Waals surface area contributed by atoms with Crippen molar-refractivity contribution in [3.05, 3.63) is 35.9 Å². The van der Waals surface area contributed by atoms with Crippen LogP contribution in [0.25, 0.3) is 0 Å². The molecular formula is C21H34NO+. The highest BCUT2D eigenvalue weighted by Gasteiger charge is 2.41. The molecule has 1 saturated carbocycles. The zero-order valence-electron chi connectivity index (χ0n) is 14.8. The molecule has 1 saturated heterocycles. The molecule has 128 valence electrons. The van der Waals surface area contributed by atoms with Gasteiger partial charge in [-0.2, -0.15) is 0 Å². The standard InChI is InChI=1S/C21H34NO/c1-2-22(16-9-10-17-22)18-15-21(23,19-11-5-3-6-12-19)20-13-7-4-8-14-20/h3,5-6,11-12,20,23H,2,4,7-10,13-18H2,1H3/q+1. The Hall–Kier alpha value is -0.860. The van der Waals surface area contributed by atoms with Crippen molar-refractivity contribution in [1.82, 2.24) is 0 Å². The zero-order valence-corrected chi connectivity index (χ0v) is 14.8. The summed E-state index contributed by atoms with van der Waals surface area (Å²) in [6, 6.07) is 10.5. The van der Waals surface area contributed by atoms with E-state index in [0.29, 0.717) is 5.92 Å². The Labute approximate surface area is 142 Å². The van der Waals surface area contributed by atoms with Crippen LogP contribution in [0.15, 0.2) is 30.3 Å². The third kappa shape index (κ3) is 3.64. The molecule has 2 heteroatoms. The second-order valence-corrected chi connectivity index (χ2v) is 7.91. The van der Waals surface area contributed by atoms with Crippen LogP contribution in [-0.4, -0.2) is 35.8 Å². The van der Waals surface area contributed by atoms with E-state index in [1.54, 1.807) is 0 Å². The second kappa shape index (κ2) is 7.36. The molecule has 3 rings (SSSR count). The topological polar surface area (TPSA) is 20.2 Å². The number of nitrogens with zero attached hydrogens (tertiary/aromatic N) is 1. The molecule has 0 spiro atoms. The van der Waals surface area contributed by atoms with Crippen LogP contribution in [0.5, 0.6) is 0 Å². The van der Waals surface area contributed by atoms with E-state index in [2.05, 4.69) is 37.3 Å². The first-order chi connectivity index (χ1) is 11.2. The number of hydrogen-bond donors (Lipinski definition) is 1. The maximum Gasteiger partial charge on any atom is 0.0978 e. The highest BCUT2D eigenvalue weighted by Crippen LogP contribution is 2.42. The Bertz CT molecular complexity index is 474. The molecule has 1 aliphatic carbocycles. The predicted molar refractivity (Wildman–Crippen MR) is 96.2 cm³/mol. The lowest BCUT2D eigenvalue weighted by molar-refractivity contribution is -0.916. The van der Waals surface area contributed by atoms with Gasteiger partial charge in [-0.05, 0) is 31.2 Å². The molecule has 0 amide bonds. The first-order valence-electron chi connectivity index (χ1n) is 9.82. The summed E-state index contributed by atoms with van der Waals surface area (Å²) in [4.78, 5) is 0. The van der Waals surface area contributed by atoms with E-state index in [0.717, 1.165) is 18.5 Å². The number of aliphatic hydroxyl groups is 1. The summed E-state index contributed by atoms with van der Waals surface area (Å²) in [7, 11) is 0. The van der Waals surface area contributed by atoms with Gasteiger partial charge in [0.25, 0.3) is 0 Å². The lowest BCUT2D eigenvalue weighted by Gasteiger charge is -2.42. The van der Waals surface area contributed by atoms with Gasteiger partial charge in [0.05, 0.1) is 31.8 Å². The number of rotatable bonds is 6. The van der Waals surface area contributed by atoms with Crippen LogP contribution >= 0.6 is 0 Å². The fraction of sp³-hybridized carbons (Fsp3) is 0.714. The first-order valence-corrected chi connectivity index (χ1v) is 9.82. The third-order valence-corrected chi connectivity index (χ3v) is 6.71. The van der Waals surface area contributed by atoms with Crippen LogP contribution in [0.4, 0.5) is 0 Å². The van der Waals surface area contributed by atoms with Gasteiger partial charge in [0.1, 0.15) is 0 Å². The normalized spacial score (nSPS) is 24.4. The minimum atomic E-state index is -0.620. The SMILES string of the molecule is CC[N+]1(CCC(O)(c2ccccc2)C2CCCCC2)CCCC1. The van der Waals surface area contributed by atoms with Gasteiger partial charge in [0.15, 0.2) is 0 Å². The molecule has 1 heterocycles. The molecule has 1 unspecified atom stereocenters. The summed E-state index contributed by atoms with van der Waals surface area (Å²) >= 11 is 0. The van der Waals surface area contributed by atoms with Gasteiger partial charge in [-0.3, -0.25) is 0 Å². The summed E-state index contributed by atoms with van der Waals surface area (Å²) in [5, 5.41) is 11.8. The molecule has 0 radical (unpaired) electrons. The highest BCUT2D eigenvalue weighted by atomic mass is 16.3. The van der Waals surface area contributed by atoms with E-state index < -0.39 is 5.60 Å². The van der Waals surface area contributed by atoms with E-state index in [9.17, 15) is 5.11 Å². The number of hydrogen-bond acceptors (Lipinski definition) is 1. The van der Waals surface area contributed by atoms with Crippen molar-refractivity contribution in [2.75, 3.05) is 26.2 Å². The monoisotopic (exact) mass is 316 g/mol. The Balaban J connectivity index is 1.80. The van der Waals surface area contributed by atoms with Gasteiger partial charge >= 0.3 is 0 Å².